The molecule has 0 aromatic carbocycles. The second-order valence-electron chi connectivity index (χ2n) is 5.27. The molecule has 5 nitrogen and oxygen atoms in total. The van der Waals surface area contributed by atoms with Crippen LogP contribution in [0.25, 0.3) is 0 Å². The van der Waals surface area contributed by atoms with Crippen molar-refractivity contribution in [1.29, 1.82) is 0 Å². The van der Waals surface area contributed by atoms with Crippen molar-refractivity contribution in [2.75, 3.05) is 31.6 Å². The third kappa shape index (κ3) is 4.26. The minimum atomic E-state index is 0.0485. The number of hydrogen-bond acceptors (Lipinski definition) is 5. The predicted octanol–water partition coefficient (Wildman–Crippen LogP) is 1.70. The molecular weight excluding hydrogens is 272 g/mol. The van der Waals surface area contributed by atoms with Gasteiger partial charge in [-0.3, -0.25) is 9.69 Å². The summed E-state index contributed by atoms with van der Waals surface area (Å²) in [7, 11) is 2.19. The van der Waals surface area contributed by atoms with Crippen LogP contribution in [-0.4, -0.2) is 48.5 Å². The van der Waals surface area contributed by atoms with Crippen molar-refractivity contribution in [3.05, 3.63) is 11.1 Å². The van der Waals surface area contributed by atoms with Gasteiger partial charge >= 0.3 is 0 Å². The van der Waals surface area contributed by atoms with Gasteiger partial charge in [0.1, 0.15) is 0 Å². The summed E-state index contributed by atoms with van der Waals surface area (Å²) in [6.07, 6.45) is 2.70. The van der Waals surface area contributed by atoms with E-state index in [0.717, 1.165) is 36.5 Å². The van der Waals surface area contributed by atoms with E-state index in [0.29, 0.717) is 6.54 Å². The molecule has 1 aromatic heterocycles. The number of rotatable bonds is 8. The molecule has 2 rings (SSSR count). The van der Waals surface area contributed by atoms with Crippen molar-refractivity contribution in [2.24, 2.45) is 0 Å². The summed E-state index contributed by atoms with van der Waals surface area (Å²) in [5, 5.41) is 6.24. The molecule has 0 spiro atoms. The van der Waals surface area contributed by atoms with E-state index in [-0.39, 0.29) is 5.91 Å². The van der Waals surface area contributed by atoms with E-state index in [9.17, 15) is 4.79 Å². The van der Waals surface area contributed by atoms with E-state index >= 15 is 0 Å². The van der Waals surface area contributed by atoms with Crippen LogP contribution in [-0.2, 0) is 11.3 Å². The molecule has 1 saturated carbocycles. The van der Waals surface area contributed by atoms with E-state index in [1.807, 2.05) is 12.3 Å². The van der Waals surface area contributed by atoms with Crippen molar-refractivity contribution in [3.63, 3.8) is 0 Å². The second kappa shape index (κ2) is 7.15. The van der Waals surface area contributed by atoms with Crippen LogP contribution in [0.4, 0.5) is 5.13 Å². The lowest BCUT2D eigenvalue weighted by Crippen LogP contribution is -2.30. The Kier molecular flexibility index (Phi) is 5.51. The highest BCUT2D eigenvalue weighted by molar-refractivity contribution is 7.14. The molecule has 1 heterocycles. The van der Waals surface area contributed by atoms with Crippen LogP contribution < -0.4 is 10.2 Å². The maximum Gasteiger partial charge on any atom is 0.225 e. The van der Waals surface area contributed by atoms with Crippen molar-refractivity contribution >= 4 is 22.4 Å². The smallest absolute Gasteiger partial charge is 0.225 e. The zero-order chi connectivity index (χ0) is 14.5. The van der Waals surface area contributed by atoms with Crippen LogP contribution in [0.5, 0.6) is 0 Å². The lowest BCUT2D eigenvalue weighted by Gasteiger charge is -2.15. The summed E-state index contributed by atoms with van der Waals surface area (Å²) in [5.41, 5.74) is 1.01. The fraction of sp³-hybridized carbons (Fsp3) is 0.714. The first kappa shape index (κ1) is 15.4. The van der Waals surface area contributed by atoms with Crippen molar-refractivity contribution in [2.45, 2.75) is 39.3 Å². The summed E-state index contributed by atoms with van der Waals surface area (Å²) in [6.45, 7) is 7.04. The Morgan fingerprint density at radius 3 is 2.90 bits per heavy atom. The molecule has 0 aliphatic heterocycles. The van der Waals surface area contributed by atoms with Gasteiger partial charge in [0, 0.05) is 44.5 Å². The first-order valence-corrected chi connectivity index (χ1v) is 8.13. The van der Waals surface area contributed by atoms with Crippen LogP contribution in [0.1, 0.15) is 32.4 Å². The number of carbonyl (C=O) groups is 1. The van der Waals surface area contributed by atoms with Gasteiger partial charge in [-0.1, -0.05) is 0 Å². The fourth-order valence-corrected chi connectivity index (χ4v) is 3.10. The third-order valence-electron chi connectivity index (χ3n) is 3.58. The molecule has 1 amide bonds. The Balaban J connectivity index is 1.73. The average Bonchev–Trinajstić information content (AvgIpc) is 3.16. The van der Waals surface area contributed by atoms with Gasteiger partial charge in [0.05, 0.1) is 5.69 Å². The number of nitrogens with zero attached hydrogens (tertiary/aromatic N) is 3. The minimum absolute atomic E-state index is 0.0485. The molecule has 112 valence electrons. The number of hydrogen-bond donors (Lipinski definition) is 1. The molecule has 1 N–H and O–H groups in total. The second-order valence-corrected chi connectivity index (χ2v) is 6.11. The highest BCUT2D eigenvalue weighted by Crippen LogP contribution is 2.24. The number of thiazole rings is 1. The molecule has 1 aliphatic rings. The highest BCUT2D eigenvalue weighted by atomic mass is 32.1. The lowest BCUT2D eigenvalue weighted by atomic mass is 10.4. The summed E-state index contributed by atoms with van der Waals surface area (Å²) in [4.78, 5) is 20.1. The van der Waals surface area contributed by atoms with E-state index in [4.69, 9.17) is 0 Å². The van der Waals surface area contributed by atoms with Crippen molar-refractivity contribution in [3.8, 4) is 0 Å². The number of anilines is 1. The van der Waals surface area contributed by atoms with Crippen LogP contribution in [0.15, 0.2) is 5.38 Å². The Labute approximate surface area is 125 Å². The molecule has 0 unspecified atom stereocenters. The van der Waals surface area contributed by atoms with E-state index < -0.39 is 0 Å². The van der Waals surface area contributed by atoms with Crippen molar-refractivity contribution < 1.29 is 4.79 Å². The molecule has 0 radical (unpaired) electrons. The number of aromatic nitrogens is 1. The molecule has 0 atom stereocenters. The quantitative estimate of drug-likeness (QED) is 0.742. The monoisotopic (exact) mass is 296 g/mol. The molecule has 0 saturated heterocycles. The van der Waals surface area contributed by atoms with E-state index in [1.165, 1.54) is 24.2 Å². The SMILES string of the molecule is CCN(C(C)=O)c1nc(CNCCN(C)C2CC2)cs1. The van der Waals surface area contributed by atoms with Crippen molar-refractivity contribution in [1.82, 2.24) is 15.2 Å². The minimum Gasteiger partial charge on any atom is -0.310 e. The number of carbonyl (C=O) groups excluding carboxylic acids is 1. The summed E-state index contributed by atoms with van der Waals surface area (Å²) in [5.74, 6) is 0.0485. The molecular formula is C14H24N4OS. The molecule has 1 fully saturated rings. The maximum absolute atomic E-state index is 11.5. The maximum atomic E-state index is 11.5. The molecule has 1 aliphatic carbocycles. The topological polar surface area (TPSA) is 48.5 Å². The van der Waals surface area contributed by atoms with Crippen LogP contribution >= 0.6 is 11.3 Å². The Bertz CT molecular complexity index is 444. The number of amides is 1. The third-order valence-corrected chi connectivity index (χ3v) is 4.50. The number of nitrogens with one attached hydrogen (secondary N) is 1. The Hall–Kier alpha value is -0.980. The summed E-state index contributed by atoms with van der Waals surface area (Å²) >= 11 is 1.53. The normalized spacial score (nSPS) is 14.8. The highest BCUT2D eigenvalue weighted by Gasteiger charge is 2.25. The summed E-state index contributed by atoms with van der Waals surface area (Å²) < 4.78 is 0. The van der Waals surface area contributed by atoms with Gasteiger partial charge < -0.3 is 10.2 Å². The standard InChI is InChI=1S/C14H24N4OS/c1-4-18(11(2)19)14-16-12(10-20-14)9-15-7-8-17(3)13-5-6-13/h10,13,15H,4-9H2,1-3H3. The van der Waals surface area contributed by atoms with Gasteiger partial charge in [0.2, 0.25) is 5.91 Å². The lowest BCUT2D eigenvalue weighted by molar-refractivity contribution is -0.116. The van der Waals surface area contributed by atoms with Gasteiger partial charge in [-0.25, -0.2) is 4.98 Å². The van der Waals surface area contributed by atoms with Crippen LogP contribution in [0.3, 0.4) is 0 Å². The largest absolute Gasteiger partial charge is 0.310 e. The van der Waals surface area contributed by atoms with Crippen LogP contribution in [0.2, 0.25) is 0 Å². The molecule has 0 bridgehead atoms. The van der Waals surface area contributed by atoms with E-state index in [1.54, 1.807) is 11.8 Å². The molecule has 20 heavy (non-hydrogen) atoms. The average molecular weight is 296 g/mol. The fourth-order valence-electron chi connectivity index (χ4n) is 2.16. The first-order valence-electron chi connectivity index (χ1n) is 7.25. The molecule has 6 heteroatoms. The molecule has 1 aromatic rings. The Morgan fingerprint density at radius 1 is 1.55 bits per heavy atom. The van der Waals surface area contributed by atoms with E-state index in [2.05, 4.69) is 22.2 Å². The van der Waals surface area contributed by atoms with Gasteiger partial charge in [0.15, 0.2) is 5.13 Å². The predicted molar refractivity (Wildman–Crippen MR) is 83.2 cm³/mol. The van der Waals surface area contributed by atoms with Gasteiger partial charge in [-0.15, -0.1) is 11.3 Å². The van der Waals surface area contributed by atoms with Gasteiger partial charge in [-0.2, -0.15) is 0 Å². The van der Waals surface area contributed by atoms with Gasteiger partial charge in [-0.05, 0) is 26.8 Å². The Morgan fingerprint density at radius 2 is 2.30 bits per heavy atom. The zero-order valence-corrected chi connectivity index (χ0v) is 13.4. The van der Waals surface area contributed by atoms with Gasteiger partial charge in [0.25, 0.3) is 0 Å². The zero-order valence-electron chi connectivity index (χ0n) is 12.6. The first-order chi connectivity index (χ1) is 9.61. The summed E-state index contributed by atoms with van der Waals surface area (Å²) in [6, 6.07) is 0.816. The number of likely N-dealkylation sites (N-methyl/N-ethyl adjacent to an activating group) is 1. The van der Waals surface area contributed by atoms with Crippen LogP contribution in [0, 0.1) is 0 Å².